The SMILES string of the molecule is NC(=O)c1cc(Cl)c2cc(-c3cc4c(s3)CCNC4C3CC3)cnn12. The quantitative estimate of drug-likeness (QED) is 0.740. The van der Waals surface area contributed by atoms with E-state index in [1.54, 1.807) is 12.3 Å². The molecule has 1 fully saturated rings. The summed E-state index contributed by atoms with van der Waals surface area (Å²) in [4.78, 5) is 14.2. The van der Waals surface area contributed by atoms with Gasteiger partial charge in [-0.15, -0.1) is 11.3 Å². The number of nitrogens with one attached hydrogen (secondary N) is 1. The van der Waals surface area contributed by atoms with Gasteiger partial charge in [0.25, 0.3) is 5.91 Å². The molecule has 3 N–H and O–H groups in total. The number of nitrogens with two attached hydrogens (primary N) is 1. The average Bonchev–Trinajstić information content (AvgIpc) is 3.27. The van der Waals surface area contributed by atoms with Gasteiger partial charge < -0.3 is 11.1 Å². The Morgan fingerprint density at radius 2 is 2.20 bits per heavy atom. The molecule has 0 aromatic carbocycles. The molecule has 4 heterocycles. The number of carbonyl (C=O) groups excluding carboxylic acids is 1. The van der Waals surface area contributed by atoms with Crippen LogP contribution in [0.15, 0.2) is 24.4 Å². The number of hydrogen-bond acceptors (Lipinski definition) is 4. The summed E-state index contributed by atoms with van der Waals surface area (Å²) in [6.07, 6.45) is 5.51. The first-order valence-electron chi connectivity index (χ1n) is 8.45. The van der Waals surface area contributed by atoms with Crippen LogP contribution < -0.4 is 11.1 Å². The number of rotatable bonds is 3. The molecule has 3 aromatic rings. The Labute approximate surface area is 153 Å². The number of nitrogens with zero attached hydrogens (tertiary/aromatic N) is 2. The lowest BCUT2D eigenvalue weighted by Gasteiger charge is -2.23. The predicted octanol–water partition coefficient (Wildman–Crippen LogP) is 3.41. The summed E-state index contributed by atoms with van der Waals surface area (Å²) in [5.41, 5.74) is 8.88. The summed E-state index contributed by atoms with van der Waals surface area (Å²) in [7, 11) is 0. The highest BCUT2D eigenvalue weighted by molar-refractivity contribution is 7.15. The molecule has 3 aromatic heterocycles. The number of amides is 1. The number of carbonyl (C=O) groups is 1. The van der Waals surface area contributed by atoms with Crippen molar-refractivity contribution >= 4 is 34.4 Å². The van der Waals surface area contributed by atoms with Crippen molar-refractivity contribution in [2.75, 3.05) is 6.54 Å². The fourth-order valence-electron chi connectivity index (χ4n) is 3.70. The van der Waals surface area contributed by atoms with Crippen LogP contribution in [-0.4, -0.2) is 22.1 Å². The summed E-state index contributed by atoms with van der Waals surface area (Å²) in [6.45, 7) is 1.05. The molecule has 1 aliphatic carbocycles. The third-order valence-corrected chi connectivity index (χ3v) is 6.65. The lowest BCUT2D eigenvalue weighted by Crippen LogP contribution is -2.29. The van der Waals surface area contributed by atoms with E-state index in [4.69, 9.17) is 17.3 Å². The Hall–Kier alpha value is -1.89. The van der Waals surface area contributed by atoms with Gasteiger partial charge in [-0.05, 0) is 48.9 Å². The van der Waals surface area contributed by atoms with Crippen molar-refractivity contribution in [2.24, 2.45) is 11.7 Å². The van der Waals surface area contributed by atoms with Crippen molar-refractivity contribution in [3.05, 3.63) is 45.6 Å². The predicted molar refractivity (Wildman–Crippen MR) is 99.2 cm³/mol. The van der Waals surface area contributed by atoms with E-state index in [9.17, 15) is 4.79 Å². The summed E-state index contributed by atoms with van der Waals surface area (Å²) < 4.78 is 1.51. The Morgan fingerprint density at radius 3 is 2.96 bits per heavy atom. The maximum absolute atomic E-state index is 11.5. The number of hydrogen-bond donors (Lipinski definition) is 2. The van der Waals surface area contributed by atoms with Crippen molar-refractivity contribution in [1.29, 1.82) is 0 Å². The number of aromatic nitrogens is 2. The second-order valence-corrected chi connectivity index (χ2v) is 8.34. The third-order valence-electron chi connectivity index (χ3n) is 5.09. The zero-order valence-electron chi connectivity index (χ0n) is 13.5. The van der Waals surface area contributed by atoms with Gasteiger partial charge >= 0.3 is 0 Å². The fraction of sp³-hybridized carbons (Fsp3) is 0.333. The molecule has 0 radical (unpaired) electrons. The largest absolute Gasteiger partial charge is 0.364 e. The Morgan fingerprint density at radius 1 is 1.36 bits per heavy atom. The van der Waals surface area contributed by atoms with Crippen LogP contribution in [0, 0.1) is 5.92 Å². The molecular formula is C18H17ClN4OS. The van der Waals surface area contributed by atoms with Gasteiger partial charge in [0.1, 0.15) is 5.69 Å². The van der Waals surface area contributed by atoms with Gasteiger partial charge in [-0.2, -0.15) is 5.10 Å². The van der Waals surface area contributed by atoms with E-state index in [-0.39, 0.29) is 0 Å². The Balaban J connectivity index is 1.60. The highest BCUT2D eigenvalue weighted by atomic mass is 35.5. The van der Waals surface area contributed by atoms with Crippen LogP contribution in [-0.2, 0) is 6.42 Å². The number of halogens is 1. The highest BCUT2D eigenvalue weighted by Crippen LogP contribution is 2.46. The van der Waals surface area contributed by atoms with Crippen LogP contribution in [0.2, 0.25) is 5.02 Å². The molecule has 0 bridgehead atoms. The van der Waals surface area contributed by atoms with E-state index in [1.165, 1.54) is 32.7 Å². The van der Waals surface area contributed by atoms with Gasteiger partial charge in [-0.3, -0.25) is 4.79 Å². The molecule has 25 heavy (non-hydrogen) atoms. The van der Waals surface area contributed by atoms with Gasteiger partial charge in [-0.1, -0.05) is 11.6 Å². The normalized spacial score (nSPS) is 20.0. The van der Waals surface area contributed by atoms with Crippen molar-refractivity contribution in [3.8, 4) is 10.4 Å². The standard InChI is InChI=1S/C18H17ClN4OS/c19-12-7-14(18(20)24)23-13(12)5-10(8-22-23)16-6-11-15(25-16)3-4-21-17(11)9-1-2-9/h5-9,17,21H,1-4H2,(H2,20,24). The van der Waals surface area contributed by atoms with E-state index in [0.717, 1.165) is 24.4 Å². The maximum Gasteiger partial charge on any atom is 0.267 e. The van der Waals surface area contributed by atoms with Crippen LogP contribution in [0.3, 0.4) is 0 Å². The molecule has 0 saturated heterocycles. The summed E-state index contributed by atoms with van der Waals surface area (Å²) in [5.74, 6) is 0.257. The minimum atomic E-state index is -0.535. The molecule has 1 amide bonds. The summed E-state index contributed by atoms with van der Waals surface area (Å²) in [6, 6.07) is 6.36. The average molecular weight is 373 g/mol. The molecule has 0 spiro atoms. The fourth-order valence-corrected chi connectivity index (χ4v) is 5.13. The van der Waals surface area contributed by atoms with E-state index in [1.807, 2.05) is 17.4 Å². The smallest absolute Gasteiger partial charge is 0.267 e. The first kappa shape index (κ1) is 15.4. The molecule has 1 aliphatic heterocycles. The lowest BCUT2D eigenvalue weighted by atomic mass is 9.97. The molecular weight excluding hydrogens is 356 g/mol. The molecule has 1 atom stereocenters. The zero-order valence-corrected chi connectivity index (χ0v) is 15.0. The molecule has 128 valence electrons. The highest BCUT2D eigenvalue weighted by Gasteiger charge is 2.35. The molecule has 7 heteroatoms. The molecule has 2 aliphatic rings. The minimum Gasteiger partial charge on any atom is -0.364 e. The third kappa shape index (κ3) is 2.47. The summed E-state index contributed by atoms with van der Waals surface area (Å²) >= 11 is 8.12. The maximum atomic E-state index is 11.5. The van der Waals surface area contributed by atoms with E-state index in [0.29, 0.717) is 22.3 Å². The molecule has 1 saturated carbocycles. The van der Waals surface area contributed by atoms with Crippen LogP contribution in [0.1, 0.15) is 39.8 Å². The first-order valence-corrected chi connectivity index (χ1v) is 9.64. The number of thiophene rings is 1. The molecule has 5 rings (SSSR count). The van der Waals surface area contributed by atoms with Crippen LogP contribution in [0.5, 0.6) is 0 Å². The monoisotopic (exact) mass is 372 g/mol. The van der Waals surface area contributed by atoms with Crippen LogP contribution >= 0.6 is 22.9 Å². The minimum absolute atomic E-state index is 0.301. The van der Waals surface area contributed by atoms with Crippen LogP contribution in [0.4, 0.5) is 0 Å². The van der Waals surface area contributed by atoms with Crippen molar-refractivity contribution < 1.29 is 4.79 Å². The lowest BCUT2D eigenvalue weighted by molar-refractivity contribution is 0.0993. The van der Waals surface area contributed by atoms with Gasteiger partial charge in [0.15, 0.2) is 0 Å². The Bertz CT molecular complexity index is 1000. The number of primary amides is 1. The summed E-state index contributed by atoms with van der Waals surface area (Å²) in [5, 5.41) is 8.55. The van der Waals surface area contributed by atoms with E-state index >= 15 is 0 Å². The van der Waals surface area contributed by atoms with E-state index in [2.05, 4.69) is 16.5 Å². The molecule has 5 nitrogen and oxygen atoms in total. The van der Waals surface area contributed by atoms with Crippen LogP contribution in [0.25, 0.3) is 16.0 Å². The van der Waals surface area contributed by atoms with Crippen molar-refractivity contribution in [3.63, 3.8) is 0 Å². The van der Waals surface area contributed by atoms with Gasteiger partial charge in [0.05, 0.1) is 16.7 Å². The Kier molecular flexibility index (Phi) is 3.42. The second-order valence-electron chi connectivity index (χ2n) is 6.79. The first-order chi connectivity index (χ1) is 12.1. The van der Waals surface area contributed by atoms with Crippen molar-refractivity contribution in [2.45, 2.75) is 25.3 Å². The van der Waals surface area contributed by atoms with E-state index < -0.39 is 5.91 Å². The van der Waals surface area contributed by atoms with Gasteiger partial charge in [-0.25, -0.2) is 4.52 Å². The number of fused-ring (bicyclic) bond motifs is 2. The zero-order chi connectivity index (χ0) is 17.1. The topological polar surface area (TPSA) is 72.4 Å². The second kappa shape index (κ2) is 5.56. The van der Waals surface area contributed by atoms with Gasteiger partial charge in [0, 0.05) is 27.9 Å². The van der Waals surface area contributed by atoms with Gasteiger partial charge in [0.2, 0.25) is 0 Å². The molecule has 1 unspecified atom stereocenters. The van der Waals surface area contributed by atoms with Crippen molar-refractivity contribution in [1.82, 2.24) is 14.9 Å².